The quantitative estimate of drug-likeness (QED) is 0.574. The second-order valence-electron chi connectivity index (χ2n) is 2.45. The number of aromatic amines is 1. The van der Waals surface area contributed by atoms with Gasteiger partial charge >= 0.3 is 0 Å². The van der Waals surface area contributed by atoms with Crippen molar-refractivity contribution in [3.8, 4) is 0 Å². The molecule has 0 radical (unpaired) electrons. The van der Waals surface area contributed by atoms with Crippen molar-refractivity contribution in [2.45, 2.75) is 0 Å². The van der Waals surface area contributed by atoms with Gasteiger partial charge in [0, 0.05) is 7.05 Å². The fraction of sp³-hybridized carbons (Fsp3) is 0.143. The fourth-order valence-corrected chi connectivity index (χ4v) is 1.06. The number of hydrogen-bond donors (Lipinski definition) is 3. The van der Waals surface area contributed by atoms with Crippen LogP contribution in [-0.2, 0) is 0 Å². The number of hydrogen-bond acceptors (Lipinski definition) is 4. The third-order valence-electron chi connectivity index (χ3n) is 1.70. The molecule has 0 aliphatic heterocycles. The summed E-state index contributed by atoms with van der Waals surface area (Å²) in [5, 5.41) is 10.4. The van der Waals surface area contributed by atoms with Crippen molar-refractivity contribution < 1.29 is 0 Å². The van der Waals surface area contributed by atoms with Crippen LogP contribution in [0.5, 0.6) is 0 Å². The van der Waals surface area contributed by atoms with E-state index >= 15 is 0 Å². The number of rotatable bonds is 1. The number of nitrogens with two attached hydrogens (primary N) is 1. The maximum absolute atomic E-state index is 5.59. The highest BCUT2D eigenvalue weighted by Gasteiger charge is 2.02. The van der Waals surface area contributed by atoms with Crippen molar-refractivity contribution in [1.29, 1.82) is 0 Å². The Morgan fingerprint density at radius 2 is 2.33 bits per heavy atom. The van der Waals surface area contributed by atoms with E-state index in [2.05, 4.69) is 20.5 Å². The first-order valence-electron chi connectivity index (χ1n) is 3.59. The van der Waals surface area contributed by atoms with Crippen LogP contribution in [0, 0.1) is 0 Å². The van der Waals surface area contributed by atoms with Crippen molar-refractivity contribution in [2.75, 3.05) is 18.1 Å². The van der Waals surface area contributed by atoms with Crippen molar-refractivity contribution in [3.05, 3.63) is 12.1 Å². The molecule has 2 aromatic rings. The lowest BCUT2D eigenvalue weighted by molar-refractivity contribution is 1.10. The Bertz CT molecular complexity index is 405. The van der Waals surface area contributed by atoms with E-state index in [9.17, 15) is 0 Å². The number of nitrogens with one attached hydrogen (secondary N) is 2. The maximum atomic E-state index is 5.59. The van der Waals surface area contributed by atoms with Crippen LogP contribution in [0.15, 0.2) is 12.1 Å². The Kier molecular flexibility index (Phi) is 1.36. The summed E-state index contributed by atoms with van der Waals surface area (Å²) < 4.78 is 0. The second-order valence-corrected chi connectivity index (χ2v) is 2.45. The molecule has 2 aromatic heterocycles. The highest BCUT2D eigenvalue weighted by molar-refractivity contribution is 5.86. The standard InChI is InChI=1S/C7H9N5/c1-9-5-3-2-4-6(8)11-12-7(4)10-5/h2-3H,1H3,(H4,8,9,10,11,12). The van der Waals surface area contributed by atoms with E-state index in [0.29, 0.717) is 11.5 Å². The monoisotopic (exact) mass is 163 g/mol. The number of fused-ring (bicyclic) bond motifs is 1. The zero-order chi connectivity index (χ0) is 8.55. The van der Waals surface area contributed by atoms with Gasteiger partial charge in [0.25, 0.3) is 0 Å². The van der Waals surface area contributed by atoms with Crippen LogP contribution in [0.4, 0.5) is 11.6 Å². The molecule has 62 valence electrons. The lowest BCUT2D eigenvalue weighted by Crippen LogP contribution is -1.91. The van der Waals surface area contributed by atoms with Gasteiger partial charge in [-0.3, -0.25) is 5.10 Å². The van der Waals surface area contributed by atoms with Crippen LogP contribution < -0.4 is 11.1 Å². The summed E-state index contributed by atoms with van der Waals surface area (Å²) in [7, 11) is 1.81. The highest BCUT2D eigenvalue weighted by Crippen LogP contribution is 2.17. The Hall–Kier alpha value is -1.78. The molecule has 0 unspecified atom stereocenters. The third kappa shape index (κ3) is 0.868. The van der Waals surface area contributed by atoms with E-state index < -0.39 is 0 Å². The zero-order valence-corrected chi connectivity index (χ0v) is 6.63. The van der Waals surface area contributed by atoms with Crippen molar-refractivity contribution in [1.82, 2.24) is 15.2 Å². The molecule has 0 spiro atoms. The van der Waals surface area contributed by atoms with E-state index in [1.807, 2.05) is 19.2 Å². The molecule has 2 rings (SSSR count). The van der Waals surface area contributed by atoms with Gasteiger partial charge in [-0.2, -0.15) is 5.10 Å². The van der Waals surface area contributed by atoms with Gasteiger partial charge in [0.2, 0.25) is 0 Å². The Balaban J connectivity index is 2.69. The number of nitrogens with zero attached hydrogens (tertiary/aromatic N) is 2. The van der Waals surface area contributed by atoms with Crippen molar-refractivity contribution >= 4 is 22.7 Å². The summed E-state index contributed by atoms with van der Waals surface area (Å²) >= 11 is 0. The van der Waals surface area contributed by atoms with Gasteiger partial charge < -0.3 is 11.1 Å². The molecule has 0 amide bonds. The van der Waals surface area contributed by atoms with Gasteiger partial charge in [0.15, 0.2) is 5.65 Å². The molecule has 2 heterocycles. The van der Waals surface area contributed by atoms with Gasteiger partial charge in [-0.25, -0.2) is 4.98 Å². The van der Waals surface area contributed by atoms with E-state index in [1.54, 1.807) is 0 Å². The van der Waals surface area contributed by atoms with Gasteiger partial charge in [-0.05, 0) is 12.1 Å². The topological polar surface area (TPSA) is 79.6 Å². The molecule has 0 aliphatic rings. The minimum absolute atomic E-state index is 0.556. The van der Waals surface area contributed by atoms with Gasteiger partial charge in [-0.1, -0.05) is 0 Å². The normalized spacial score (nSPS) is 10.4. The van der Waals surface area contributed by atoms with E-state index in [1.165, 1.54) is 0 Å². The summed E-state index contributed by atoms with van der Waals surface area (Å²) in [5.41, 5.74) is 6.23. The predicted octanol–water partition coefficient (Wildman–Crippen LogP) is 0.582. The van der Waals surface area contributed by atoms with Crippen LogP contribution in [0.1, 0.15) is 0 Å². The molecule has 12 heavy (non-hydrogen) atoms. The molecule has 5 nitrogen and oxygen atoms in total. The minimum atomic E-state index is 0.556. The molecule has 0 aromatic carbocycles. The molecule has 0 aliphatic carbocycles. The average Bonchev–Trinajstić information content (AvgIpc) is 2.47. The van der Waals surface area contributed by atoms with E-state index in [0.717, 1.165) is 11.2 Å². The summed E-state index contributed by atoms with van der Waals surface area (Å²) in [6, 6.07) is 3.74. The first kappa shape index (κ1) is 6.90. The molecular weight excluding hydrogens is 154 g/mol. The Labute approximate surface area is 69.0 Å². The molecule has 4 N–H and O–H groups in total. The number of anilines is 2. The maximum Gasteiger partial charge on any atom is 0.185 e. The summed E-state index contributed by atoms with van der Waals surface area (Å²) in [4.78, 5) is 4.18. The predicted molar refractivity (Wildman–Crippen MR) is 47.8 cm³/mol. The molecule has 0 atom stereocenters. The number of pyridine rings is 1. The van der Waals surface area contributed by atoms with Crippen LogP contribution in [0.2, 0.25) is 0 Å². The largest absolute Gasteiger partial charge is 0.384 e. The SMILES string of the molecule is CNc1ccc2c(N)[nH]nc2n1. The molecule has 0 fully saturated rings. The van der Waals surface area contributed by atoms with Gasteiger partial charge in [0.05, 0.1) is 5.39 Å². The Morgan fingerprint density at radius 3 is 3.08 bits per heavy atom. The smallest absolute Gasteiger partial charge is 0.185 e. The summed E-state index contributed by atoms with van der Waals surface area (Å²) in [6.07, 6.45) is 0. The number of aromatic nitrogens is 3. The first-order valence-corrected chi connectivity index (χ1v) is 3.59. The van der Waals surface area contributed by atoms with Crippen LogP contribution >= 0.6 is 0 Å². The highest BCUT2D eigenvalue weighted by atomic mass is 15.2. The van der Waals surface area contributed by atoms with Crippen LogP contribution in [0.25, 0.3) is 11.0 Å². The lowest BCUT2D eigenvalue weighted by atomic mass is 10.3. The molecule has 5 heteroatoms. The average molecular weight is 163 g/mol. The van der Waals surface area contributed by atoms with E-state index in [-0.39, 0.29) is 0 Å². The van der Waals surface area contributed by atoms with E-state index in [4.69, 9.17) is 5.73 Å². The molecule has 0 bridgehead atoms. The second kappa shape index (κ2) is 2.37. The summed E-state index contributed by atoms with van der Waals surface area (Å²) in [5.74, 6) is 1.34. The van der Waals surface area contributed by atoms with Crippen molar-refractivity contribution in [3.63, 3.8) is 0 Å². The molecular formula is C7H9N5. The molecule has 0 saturated heterocycles. The van der Waals surface area contributed by atoms with Crippen LogP contribution in [0.3, 0.4) is 0 Å². The first-order chi connectivity index (χ1) is 5.81. The minimum Gasteiger partial charge on any atom is -0.384 e. The summed E-state index contributed by atoms with van der Waals surface area (Å²) in [6.45, 7) is 0. The van der Waals surface area contributed by atoms with Gasteiger partial charge in [0.1, 0.15) is 11.6 Å². The lowest BCUT2D eigenvalue weighted by Gasteiger charge is -1.96. The Morgan fingerprint density at radius 1 is 1.50 bits per heavy atom. The zero-order valence-electron chi connectivity index (χ0n) is 6.63. The fourth-order valence-electron chi connectivity index (χ4n) is 1.06. The van der Waals surface area contributed by atoms with Gasteiger partial charge in [-0.15, -0.1) is 0 Å². The number of nitrogen functional groups attached to an aromatic ring is 1. The third-order valence-corrected chi connectivity index (χ3v) is 1.70. The molecule has 0 saturated carbocycles. The van der Waals surface area contributed by atoms with Crippen molar-refractivity contribution in [2.24, 2.45) is 0 Å². The number of H-pyrrole nitrogens is 1. The van der Waals surface area contributed by atoms with Crippen LogP contribution in [-0.4, -0.2) is 22.2 Å².